The normalized spacial score (nSPS) is 11.8. The van der Waals surface area contributed by atoms with Crippen molar-refractivity contribution in [2.45, 2.75) is 26.0 Å². The van der Waals surface area contributed by atoms with Crippen LogP contribution in [0, 0.1) is 0 Å². The van der Waals surface area contributed by atoms with E-state index in [1.807, 2.05) is 6.07 Å². The Bertz CT molecular complexity index is 375. The summed E-state index contributed by atoms with van der Waals surface area (Å²) in [6.45, 7) is 4.44. The van der Waals surface area contributed by atoms with Crippen LogP contribution in [0.25, 0.3) is 0 Å². The maximum Gasteiger partial charge on any atom is 0.134 e. The number of aromatic hydroxyl groups is 1. The number of hydrogen-bond acceptors (Lipinski definition) is 3. The van der Waals surface area contributed by atoms with Gasteiger partial charge in [0, 0.05) is 23.1 Å². The third-order valence-corrected chi connectivity index (χ3v) is 3.04. The van der Waals surface area contributed by atoms with Gasteiger partial charge >= 0.3 is 0 Å². The summed E-state index contributed by atoms with van der Waals surface area (Å²) in [6, 6.07) is 3.63. The minimum atomic E-state index is -0.751. The fourth-order valence-corrected chi connectivity index (χ4v) is 2.57. The van der Waals surface area contributed by atoms with Crippen molar-refractivity contribution < 1.29 is 10.2 Å². The summed E-state index contributed by atoms with van der Waals surface area (Å²) >= 11 is 6.63. The molecule has 0 amide bonds. The molecule has 0 saturated carbocycles. The van der Waals surface area contributed by atoms with E-state index in [1.165, 1.54) is 0 Å². The van der Waals surface area contributed by atoms with Gasteiger partial charge < -0.3 is 15.5 Å². The maximum atomic E-state index is 9.78. The van der Waals surface area contributed by atoms with Gasteiger partial charge in [0.15, 0.2) is 0 Å². The Hall–Kier alpha value is -0.100. The van der Waals surface area contributed by atoms with E-state index < -0.39 is 5.60 Å². The van der Waals surface area contributed by atoms with Crippen LogP contribution in [0.3, 0.4) is 0 Å². The Kier molecular flexibility index (Phi) is 4.79. The van der Waals surface area contributed by atoms with Crippen LogP contribution in [0.15, 0.2) is 21.1 Å². The zero-order chi connectivity index (χ0) is 12.3. The number of nitrogens with one attached hydrogen (secondary N) is 1. The summed E-state index contributed by atoms with van der Waals surface area (Å²) in [4.78, 5) is 0. The van der Waals surface area contributed by atoms with E-state index in [4.69, 9.17) is 0 Å². The monoisotopic (exact) mass is 351 g/mol. The third-order valence-electron chi connectivity index (χ3n) is 1.98. The molecular weight excluding hydrogens is 338 g/mol. The highest BCUT2D eigenvalue weighted by Crippen LogP contribution is 2.31. The van der Waals surface area contributed by atoms with Gasteiger partial charge in [0.25, 0.3) is 0 Å². The highest BCUT2D eigenvalue weighted by atomic mass is 79.9. The Morgan fingerprint density at radius 1 is 1.31 bits per heavy atom. The van der Waals surface area contributed by atoms with Crippen molar-refractivity contribution in [3.8, 4) is 5.75 Å². The van der Waals surface area contributed by atoms with Crippen molar-refractivity contribution in [1.29, 1.82) is 0 Å². The summed E-state index contributed by atoms with van der Waals surface area (Å²) in [5.41, 5.74) is 0.0317. The van der Waals surface area contributed by atoms with Crippen LogP contribution in [0.5, 0.6) is 5.75 Å². The minimum Gasteiger partial charge on any atom is -0.506 e. The Morgan fingerprint density at radius 2 is 1.94 bits per heavy atom. The first-order valence-electron chi connectivity index (χ1n) is 4.89. The second-order valence-corrected chi connectivity index (χ2v) is 6.08. The molecule has 0 spiro atoms. The topological polar surface area (TPSA) is 52.5 Å². The summed E-state index contributed by atoms with van der Waals surface area (Å²) in [7, 11) is 0. The standard InChI is InChI=1S/C11H15Br2NO2/c1-11(2,16)6-14-5-7-3-8(12)4-9(13)10(7)15/h3-4,14-16H,5-6H2,1-2H3. The van der Waals surface area contributed by atoms with Crippen molar-refractivity contribution in [2.75, 3.05) is 6.54 Å². The van der Waals surface area contributed by atoms with Gasteiger partial charge in [-0.25, -0.2) is 0 Å². The first kappa shape index (κ1) is 14.0. The van der Waals surface area contributed by atoms with Gasteiger partial charge in [-0.3, -0.25) is 0 Å². The van der Waals surface area contributed by atoms with Crippen molar-refractivity contribution in [3.05, 3.63) is 26.6 Å². The van der Waals surface area contributed by atoms with Crippen LogP contribution < -0.4 is 5.32 Å². The largest absolute Gasteiger partial charge is 0.506 e. The van der Waals surface area contributed by atoms with Crippen molar-refractivity contribution in [1.82, 2.24) is 5.32 Å². The molecule has 0 aliphatic rings. The quantitative estimate of drug-likeness (QED) is 0.781. The van der Waals surface area contributed by atoms with Gasteiger partial charge in [0.2, 0.25) is 0 Å². The number of benzene rings is 1. The average Bonchev–Trinajstić information content (AvgIpc) is 2.11. The van der Waals surface area contributed by atoms with Gasteiger partial charge in [-0.2, -0.15) is 0 Å². The smallest absolute Gasteiger partial charge is 0.134 e. The number of phenols is 1. The van der Waals surface area contributed by atoms with Gasteiger partial charge in [0.05, 0.1) is 10.1 Å². The molecule has 0 atom stereocenters. The lowest BCUT2D eigenvalue weighted by Crippen LogP contribution is -2.34. The molecule has 0 radical (unpaired) electrons. The Balaban J connectivity index is 2.67. The number of hydrogen-bond donors (Lipinski definition) is 3. The predicted octanol–water partition coefficient (Wildman–Crippen LogP) is 2.78. The molecule has 0 unspecified atom stereocenters. The highest BCUT2D eigenvalue weighted by Gasteiger charge is 2.12. The first-order valence-corrected chi connectivity index (χ1v) is 6.48. The van der Waals surface area contributed by atoms with Crippen LogP contribution in [0.4, 0.5) is 0 Å². The maximum absolute atomic E-state index is 9.78. The van der Waals surface area contributed by atoms with Gasteiger partial charge in [0.1, 0.15) is 5.75 Å². The molecule has 0 fully saturated rings. The molecule has 1 aromatic carbocycles. The number of rotatable bonds is 4. The molecule has 1 rings (SSSR count). The molecule has 0 aliphatic heterocycles. The van der Waals surface area contributed by atoms with Crippen molar-refractivity contribution in [3.63, 3.8) is 0 Å². The Morgan fingerprint density at radius 3 is 2.50 bits per heavy atom. The first-order chi connectivity index (χ1) is 7.29. The molecule has 1 aromatic rings. The molecule has 0 aromatic heterocycles. The summed E-state index contributed by atoms with van der Waals surface area (Å²) in [6.07, 6.45) is 0. The highest BCUT2D eigenvalue weighted by molar-refractivity contribution is 9.11. The van der Waals surface area contributed by atoms with Gasteiger partial charge in [-0.1, -0.05) is 15.9 Å². The average molecular weight is 353 g/mol. The molecule has 3 nitrogen and oxygen atoms in total. The zero-order valence-corrected chi connectivity index (χ0v) is 12.4. The van der Waals surface area contributed by atoms with E-state index in [0.717, 1.165) is 10.0 Å². The Labute approximate surface area is 112 Å². The van der Waals surface area contributed by atoms with Crippen LogP contribution in [0.1, 0.15) is 19.4 Å². The lowest BCUT2D eigenvalue weighted by Gasteiger charge is -2.18. The van der Waals surface area contributed by atoms with E-state index in [-0.39, 0.29) is 5.75 Å². The number of phenolic OH excluding ortho intramolecular Hbond substituents is 1. The number of halogens is 2. The zero-order valence-electron chi connectivity index (χ0n) is 9.22. The SMILES string of the molecule is CC(C)(O)CNCc1cc(Br)cc(Br)c1O. The fraction of sp³-hybridized carbons (Fsp3) is 0.455. The molecule has 0 heterocycles. The predicted molar refractivity (Wildman–Crippen MR) is 71.5 cm³/mol. The minimum absolute atomic E-state index is 0.228. The lowest BCUT2D eigenvalue weighted by atomic mass is 10.1. The summed E-state index contributed by atoms with van der Waals surface area (Å²) in [5, 5.41) is 22.4. The van der Waals surface area contributed by atoms with Gasteiger partial charge in [-0.05, 0) is 41.9 Å². The summed E-state index contributed by atoms with van der Waals surface area (Å²) < 4.78 is 1.55. The molecule has 3 N–H and O–H groups in total. The van der Waals surface area contributed by atoms with Gasteiger partial charge in [-0.15, -0.1) is 0 Å². The van der Waals surface area contributed by atoms with Crippen molar-refractivity contribution in [2.24, 2.45) is 0 Å². The molecule has 5 heteroatoms. The molecule has 16 heavy (non-hydrogen) atoms. The number of aliphatic hydroxyl groups is 1. The molecule has 90 valence electrons. The second-order valence-electron chi connectivity index (χ2n) is 4.31. The van der Waals surface area contributed by atoms with Crippen LogP contribution >= 0.6 is 31.9 Å². The van der Waals surface area contributed by atoms with Crippen LogP contribution in [-0.4, -0.2) is 22.4 Å². The van der Waals surface area contributed by atoms with E-state index in [2.05, 4.69) is 37.2 Å². The second kappa shape index (κ2) is 5.49. The van der Waals surface area contributed by atoms with E-state index in [0.29, 0.717) is 17.6 Å². The fourth-order valence-electron chi connectivity index (χ4n) is 1.26. The van der Waals surface area contributed by atoms with E-state index in [9.17, 15) is 10.2 Å². The molecule has 0 saturated heterocycles. The third kappa shape index (κ3) is 4.41. The van der Waals surface area contributed by atoms with E-state index in [1.54, 1.807) is 19.9 Å². The van der Waals surface area contributed by atoms with Crippen LogP contribution in [-0.2, 0) is 6.54 Å². The lowest BCUT2D eigenvalue weighted by molar-refractivity contribution is 0.0794. The van der Waals surface area contributed by atoms with Crippen LogP contribution in [0.2, 0.25) is 0 Å². The molecular formula is C11H15Br2NO2. The van der Waals surface area contributed by atoms with E-state index >= 15 is 0 Å². The molecule has 0 bridgehead atoms. The molecule has 0 aliphatic carbocycles. The summed E-state index contributed by atoms with van der Waals surface area (Å²) in [5.74, 6) is 0.228. The van der Waals surface area contributed by atoms with Crippen molar-refractivity contribution >= 4 is 31.9 Å².